The quantitative estimate of drug-likeness (QED) is 0.787. The molecule has 1 rings (SSSR count). The van der Waals surface area contributed by atoms with E-state index in [0.29, 0.717) is 6.54 Å². The fourth-order valence-corrected chi connectivity index (χ4v) is 1.50. The molecule has 0 saturated carbocycles. The van der Waals surface area contributed by atoms with E-state index in [2.05, 4.69) is 20.9 Å². The van der Waals surface area contributed by atoms with Crippen LogP contribution in [-0.2, 0) is 11.3 Å². The van der Waals surface area contributed by atoms with Gasteiger partial charge in [0.25, 0.3) is 5.56 Å². The Labute approximate surface area is 106 Å². The Bertz CT molecular complexity index is 459. The lowest BCUT2D eigenvalue weighted by atomic mass is 10.4. The first-order valence-corrected chi connectivity index (χ1v) is 5.71. The maximum Gasteiger partial charge on any atom is 0.269 e. The lowest BCUT2D eigenvalue weighted by Gasteiger charge is -2.10. The van der Waals surface area contributed by atoms with Gasteiger partial charge in [-0.25, -0.2) is 4.98 Å². The fourth-order valence-electron chi connectivity index (χ4n) is 1.04. The van der Waals surface area contributed by atoms with Crippen molar-refractivity contribution in [1.29, 1.82) is 0 Å². The Balaban J connectivity index is 2.80. The first-order chi connectivity index (χ1) is 7.43. The highest BCUT2D eigenvalue weighted by molar-refractivity contribution is 9.10. The van der Waals surface area contributed by atoms with Gasteiger partial charge in [0.2, 0.25) is 5.91 Å². The smallest absolute Gasteiger partial charge is 0.269 e. The average molecular weight is 309 g/mol. The zero-order valence-corrected chi connectivity index (χ0v) is 11.2. The summed E-state index contributed by atoms with van der Waals surface area (Å²) in [6, 6.07) is 0. The predicted octanol–water partition coefficient (Wildman–Crippen LogP) is 1.14. The summed E-state index contributed by atoms with van der Waals surface area (Å²) in [5.41, 5.74) is -0.286. The van der Waals surface area contributed by atoms with E-state index in [1.54, 1.807) is 14.1 Å². The monoisotopic (exact) mass is 307 g/mol. The number of aryl methyl sites for hydroxylation is 1. The van der Waals surface area contributed by atoms with E-state index in [0.717, 1.165) is 0 Å². The average Bonchev–Trinajstić information content (AvgIpc) is 2.24. The lowest BCUT2D eigenvalue weighted by molar-refractivity contribution is -0.128. The van der Waals surface area contributed by atoms with Gasteiger partial charge in [-0.05, 0) is 15.9 Å². The van der Waals surface area contributed by atoms with Gasteiger partial charge in [-0.2, -0.15) is 0 Å². The first kappa shape index (κ1) is 13.2. The topological polar surface area (TPSA) is 55.2 Å². The van der Waals surface area contributed by atoms with Gasteiger partial charge in [0.1, 0.15) is 4.47 Å². The van der Waals surface area contributed by atoms with Crippen LogP contribution < -0.4 is 5.56 Å². The molecular weight excluding hydrogens is 297 g/mol. The molecule has 5 nitrogen and oxygen atoms in total. The number of hydrogen-bond acceptors (Lipinski definition) is 3. The summed E-state index contributed by atoms with van der Waals surface area (Å²) in [6.07, 6.45) is 1.58. The largest absolute Gasteiger partial charge is 0.349 e. The highest BCUT2D eigenvalue weighted by Crippen LogP contribution is 2.13. The molecular formula is C9H11BrClN3O2. The van der Waals surface area contributed by atoms with Crippen molar-refractivity contribution in [3.8, 4) is 0 Å². The van der Waals surface area contributed by atoms with Crippen molar-refractivity contribution in [2.24, 2.45) is 0 Å². The molecule has 16 heavy (non-hydrogen) atoms. The number of hydrogen-bond donors (Lipinski definition) is 0. The van der Waals surface area contributed by atoms with Crippen molar-refractivity contribution >= 4 is 33.4 Å². The van der Waals surface area contributed by atoms with E-state index in [9.17, 15) is 9.59 Å². The summed E-state index contributed by atoms with van der Waals surface area (Å²) in [4.78, 5) is 28.3. The number of halogens is 2. The van der Waals surface area contributed by atoms with Gasteiger partial charge in [0, 0.05) is 27.1 Å². The van der Waals surface area contributed by atoms with E-state index >= 15 is 0 Å². The summed E-state index contributed by atoms with van der Waals surface area (Å²) in [5.74, 6) is -0.0435. The van der Waals surface area contributed by atoms with E-state index in [-0.39, 0.29) is 27.5 Å². The van der Waals surface area contributed by atoms with Crippen LogP contribution in [0.4, 0.5) is 0 Å². The standard InChI is InChI=1S/C9H11BrClN3O2/c1-13(2)6(15)3-4-14-5-12-8(11)7(10)9(14)16/h5H,3-4H2,1-2H3. The van der Waals surface area contributed by atoms with Crippen LogP contribution in [0.15, 0.2) is 15.6 Å². The van der Waals surface area contributed by atoms with E-state index in [1.807, 2.05) is 0 Å². The molecule has 0 saturated heterocycles. The maximum atomic E-state index is 11.6. The molecule has 7 heteroatoms. The Morgan fingerprint density at radius 1 is 1.62 bits per heavy atom. The highest BCUT2D eigenvalue weighted by Gasteiger charge is 2.09. The molecule has 0 bridgehead atoms. The second-order valence-corrected chi connectivity index (χ2v) is 4.54. The molecule has 0 N–H and O–H groups in total. The third kappa shape index (κ3) is 3.05. The molecule has 88 valence electrons. The molecule has 0 aromatic carbocycles. The van der Waals surface area contributed by atoms with E-state index < -0.39 is 0 Å². The summed E-state index contributed by atoms with van der Waals surface area (Å²) >= 11 is 8.70. The SMILES string of the molecule is CN(C)C(=O)CCn1cnc(Cl)c(Br)c1=O. The van der Waals surface area contributed by atoms with Gasteiger partial charge in [-0.3, -0.25) is 14.2 Å². The van der Waals surface area contributed by atoms with E-state index in [1.165, 1.54) is 15.8 Å². The molecule has 0 aliphatic carbocycles. The molecule has 1 amide bonds. The summed E-state index contributed by atoms with van der Waals surface area (Å²) in [5, 5.41) is 0.125. The molecule has 0 unspecified atom stereocenters. The minimum atomic E-state index is -0.286. The number of nitrogens with zero attached hydrogens (tertiary/aromatic N) is 3. The number of carbonyl (C=O) groups is 1. The molecule has 0 radical (unpaired) electrons. The molecule has 1 heterocycles. The third-order valence-electron chi connectivity index (χ3n) is 2.01. The normalized spacial score (nSPS) is 10.2. The lowest BCUT2D eigenvalue weighted by Crippen LogP contribution is -2.27. The van der Waals surface area contributed by atoms with Gasteiger partial charge in [0.05, 0.1) is 6.33 Å². The van der Waals surface area contributed by atoms with Crippen LogP contribution in [0.25, 0.3) is 0 Å². The van der Waals surface area contributed by atoms with Crippen LogP contribution in [0.2, 0.25) is 5.15 Å². The van der Waals surface area contributed by atoms with Crippen LogP contribution in [0.1, 0.15) is 6.42 Å². The summed E-state index contributed by atoms with van der Waals surface area (Å²) in [7, 11) is 3.34. The van der Waals surface area contributed by atoms with Crippen LogP contribution in [0, 0.1) is 0 Å². The van der Waals surface area contributed by atoms with Crippen molar-refractivity contribution < 1.29 is 4.79 Å². The first-order valence-electron chi connectivity index (χ1n) is 4.54. The van der Waals surface area contributed by atoms with Gasteiger partial charge >= 0.3 is 0 Å². The van der Waals surface area contributed by atoms with Gasteiger partial charge in [-0.15, -0.1) is 0 Å². The van der Waals surface area contributed by atoms with Gasteiger partial charge in [-0.1, -0.05) is 11.6 Å². The number of amides is 1. The van der Waals surface area contributed by atoms with Crippen molar-refractivity contribution in [2.75, 3.05) is 14.1 Å². The molecule has 0 aliphatic rings. The van der Waals surface area contributed by atoms with Gasteiger partial charge in [0.15, 0.2) is 5.15 Å². The highest BCUT2D eigenvalue weighted by atomic mass is 79.9. The van der Waals surface area contributed by atoms with Crippen LogP contribution in [-0.4, -0.2) is 34.5 Å². The Kier molecular flexibility index (Phi) is 4.49. The second kappa shape index (κ2) is 5.45. The summed E-state index contributed by atoms with van der Waals surface area (Å²) < 4.78 is 1.56. The van der Waals surface area contributed by atoms with Crippen molar-refractivity contribution in [1.82, 2.24) is 14.5 Å². The molecule has 0 atom stereocenters. The zero-order valence-electron chi connectivity index (χ0n) is 8.91. The van der Waals surface area contributed by atoms with E-state index in [4.69, 9.17) is 11.6 Å². The molecule has 1 aromatic rings. The molecule has 0 fully saturated rings. The van der Waals surface area contributed by atoms with Gasteiger partial charge < -0.3 is 4.90 Å². The number of rotatable bonds is 3. The number of carbonyl (C=O) groups excluding carboxylic acids is 1. The fraction of sp³-hybridized carbons (Fsp3) is 0.444. The minimum absolute atomic E-state index is 0.0435. The van der Waals surface area contributed by atoms with Crippen LogP contribution in [0.3, 0.4) is 0 Å². The molecule has 1 aromatic heterocycles. The zero-order chi connectivity index (χ0) is 12.3. The predicted molar refractivity (Wildman–Crippen MR) is 64.5 cm³/mol. The maximum absolute atomic E-state index is 11.6. The summed E-state index contributed by atoms with van der Waals surface area (Å²) in [6.45, 7) is 0.290. The Morgan fingerprint density at radius 3 is 2.81 bits per heavy atom. The van der Waals surface area contributed by atoms with Crippen LogP contribution >= 0.6 is 27.5 Å². The second-order valence-electron chi connectivity index (χ2n) is 3.39. The molecule has 0 spiro atoms. The Hall–Kier alpha value is -0.880. The number of aromatic nitrogens is 2. The minimum Gasteiger partial charge on any atom is -0.349 e. The third-order valence-corrected chi connectivity index (χ3v) is 3.24. The van der Waals surface area contributed by atoms with Crippen molar-refractivity contribution in [2.45, 2.75) is 13.0 Å². The Morgan fingerprint density at radius 2 is 2.25 bits per heavy atom. The van der Waals surface area contributed by atoms with Crippen molar-refractivity contribution in [3.05, 3.63) is 26.3 Å². The van der Waals surface area contributed by atoms with Crippen LogP contribution in [0.5, 0.6) is 0 Å². The molecule has 0 aliphatic heterocycles. The van der Waals surface area contributed by atoms with Crippen molar-refractivity contribution in [3.63, 3.8) is 0 Å².